The minimum atomic E-state index is -0.569. The quantitative estimate of drug-likeness (QED) is 0.925. The van der Waals surface area contributed by atoms with Crippen LogP contribution in [0.4, 0.5) is 0 Å². The van der Waals surface area contributed by atoms with Gasteiger partial charge in [0, 0.05) is 6.42 Å². The molecule has 3 rings (SSSR count). The summed E-state index contributed by atoms with van der Waals surface area (Å²) in [5.41, 5.74) is 1.78. The number of amides is 1. The highest BCUT2D eigenvalue weighted by Gasteiger charge is 2.28. The number of carbonyl (C=O) groups excluding carboxylic acids is 1. The molecule has 20 heavy (non-hydrogen) atoms. The second-order valence-corrected chi connectivity index (χ2v) is 4.50. The van der Waals surface area contributed by atoms with Crippen molar-refractivity contribution in [3.63, 3.8) is 0 Å². The lowest BCUT2D eigenvalue weighted by Crippen LogP contribution is -2.34. The van der Waals surface area contributed by atoms with E-state index in [2.05, 4.69) is 10.5 Å². The van der Waals surface area contributed by atoms with Crippen molar-refractivity contribution < 1.29 is 14.0 Å². The molecule has 1 aromatic heterocycles. The summed E-state index contributed by atoms with van der Waals surface area (Å²) in [5, 5.41) is 6.75. The zero-order chi connectivity index (χ0) is 13.8. The number of nitrogens with one attached hydrogen (secondary N) is 1. The van der Waals surface area contributed by atoms with Crippen LogP contribution >= 0.6 is 0 Å². The minimum Gasteiger partial charge on any atom is -0.467 e. The molecule has 0 fully saturated rings. The van der Waals surface area contributed by atoms with Gasteiger partial charge in [-0.15, -0.1) is 0 Å². The van der Waals surface area contributed by atoms with E-state index in [9.17, 15) is 4.79 Å². The molecule has 0 radical (unpaired) electrons. The average Bonchev–Trinajstić information content (AvgIpc) is 3.17. The molecule has 1 aliphatic rings. The second-order valence-electron chi connectivity index (χ2n) is 4.50. The lowest BCUT2D eigenvalue weighted by atomic mass is 10.0. The van der Waals surface area contributed by atoms with Crippen molar-refractivity contribution in [2.24, 2.45) is 5.16 Å². The molecule has 0 unspecified atom stereocenters. The second kappa shape index (κ2) is 5.61. The zero-order valence-corrected chi connectivity index (χ0v) is 10.8. The lowest BCUT2D eigenvalue weighted by molar-refractivity contribution is -0.131. The summed E-state index contributed by atoms with van der Waals surface area (Å²) in [5.74, 6) is 0.525. The van der Waals surface area contributed by atoms with E-state index in [1.807, 2.05) is 36.4 Å². The monoisotopic (exact) mass is 270 g/mol. The molecule has 102 valence electrons. The smallest absolute Gasteiger partial charge is 0.264 e. The van der Waals surface area contributed by atoms with Gasteiger partial charge in [0.05, 0.1) is 18.5 Å². The van der Waals surface area contributed by atoms with Crippen molar-refractivity contribution in [3.8, 4) is 0 Å². The van der Waals surface area contributed by atoms with Gasteiger partial charge in [0.25, 0.3) is 5.91 Å². The molecule has 0 spiro atoms. The van der Waals surface area contributed by atoms with Gasteiger partial charge in [0.15, 0.2) is 0 Å². The van der Waals surface area contributed by atoms with Crippen LogP contribution in [0.5, 0.6) is 0 Å². The maximum atomic E-state index is 12.0. The van der Waals surface area contributed by atoms with E-state index < -0.39 is 6.10 Å². The largest absolute Gasteiger partial charge is 0.467 e. The third-order valence-corrected chi connectivity index (χ3v) is 3.09. The Bertz CT molecular complexity index is 605. The molecule has 0 saturated carbocycles. The number of furan rings is 1. The van der Waals surface area contributed by atoms with Crippen molar-refractivity contribution in [1.82, 2.24) is 5.32 Å². The third kappa shape index (κ3) is 2.71. The summed E-state index contributed by atoms with van der Waals surface area (Å²) >= 11 is 0. The fourth-order valence-corrected chi connectivity index (χ4v) is 2.02. The van der Waals surface area contributed by atoms with E-state index in [4.69, 9.17) is 9.25 Å². The summed E-state index contributed by atoms with van der Waals surface area (Å²) in [6.07, 6.45) is 1.48. The van der Waals surface area contributed by atoms with Crippen LogP contribution in [0.15, 0.2) is 58.3 Å². The Kier molecular flexibility index (Phi) is 3.50. The third-order valence-electron chi connectivity index (χ3n) is 3.09. The Balaban J connectivity index is 1.54. The van der Waals surface area contributed by atoms with Crippen molar-refractivity contribution in [2.45, 2.75) is 19.1 Å². The van der Waals surface area contributed by atoms with Gasteiger partial charge < -0.3 is 14.6 Å². The molecule has 1 aromatic carbocycles. The minimum absolute atomic E-state index is 0.184. The molecule has 0 saturated heterocycles. The summed E-state index contributed by atoms with van der Waals surface area (Å²) in [6, 6.07) is 13.3. The summed E-state index contributed by atoms with van der Waals surface area (Å²) < 4.78 is 5.15. The highest BCUT2D eigenvalue weighted by molar-refractivity contribution is 6.04. The first kappa shape index (κ1) is 12.5. The molecule has 2 heterocycles. The Morgan fingerprint density at radius 2 is 2.10 bits per heavy atom. The SMILES string of the molecule is O=C(NCc1ccco1)[C@H]1CC(c2ccccc2)=NO1. The van der Waals surface area contributed by atoms with Gasteiger partial charge >= 0.3 is 0 Å². The normalized spacial score (nSPS) is 17.4. The number of oxime groups is 1. The van der Waals surface area contributed by atoms with Gasteiger partial charge in [-0.2, -0.15) is 0 Å². The lowest BCUT2D eigenvalue weighted by Gasteiger charge is -2.08. The first-order chi connectivity index (χ1) is 9.83. The first-order valence-corrected chi connectivity index (χ1v) is 6.41. The van der Waals surface area contributed by atoms with Crippen LogP contribution in [-0.2, 0) is 16.2 Å². The van der Waals surface area contributed by atoms with Crippen molar-refractivity contribution in [3.05, 3.63) is 60.1 Å². The molecular formula is C15H14N2O3. The highest BCUT2D eigenvalue weighted by atomic mass is 16.6. The molecule has 2 aromatic rings. The van der Waals surface area contributed by atoms with Crippen LogP contribution in [0, 0.1) is 0 Å². The Hall–Kier alpha value is -2.56. The highest BCUT2D eigenvalue weighted by Crippen LogP contribution is 2.16. The maximum Gasteiger partial charge on any atom is 0.264 e. The van der Waals surface area contributed by atoms with E-state index in [-0.39, 0.29) is 5.91 Å². The molecule has 0 aliphatic carbocycles. The number of rotatable bonds is 4. The molecule has 1 N–H and O–H groups in total. The van der Waals surface area contributed by atoms with Gasteiger partial charge in [0.2, 0.25) is 6.10 Å². The van der Waals surface area contributed by atoms with Gasteiger partial charge in [-0.05, 0) is 17.7 Å². The molecule has 5 heteroatoms. The van der Waals surface area contributed by atoms with Gasteiger partial charge in [0.1, 0.15) is 5.76 Å². The van der Waals surface area contributed by atoms with Crippen LogP contribution in [0.1, 0.15) is 17.7 Å². The van der Waals surface area contributed by atoms with E-state index in [0.29, 0.717) is 18.7 Å². The molecule has 1 aliphatic heterocycles. The molecule has 5 nitrogen and oxygen atoms in total. The summed E-state index contributed by atoms with van der Waals surface area (Å²) in [6.45, 7) is 0.354. The van der Waals surface area contributed by atoms with Crippen molar-refractivity contribution in [2.75, 3.05) is 0 Å². The van der Waals surface area contributed by atoms with Crippen molar-refractivity contribution >= 4 is 11.6 Å². The number of benzene rings is 1. The standard InChI is InChI=1S/C15H14N2O3/c18-15(16-10-12-7-4-8-19-12)14-9-13(17-20-14)11-5-2-1-3-6-11/h1-8,14H,9-10H2,(H,16,18)/t14-/m1/s1. The van der Waals surface area contributed by atoms with Crippen molar-refractivity contribution in [1.29, 1.82) is 0 Å². The van der Waals surface area contributed by atoms with Crippen LogP contribution in [0.2, 0.25) is 0 Å². The Morgan fingerprint density at radius 1 is 1.25 bits per heavy atom. The average molecular weight is 270 g/mol. The zero-order valence-electron chi connectivity index (χ0n) is 10.8. The molecule has 1 amide bonds. The van der Waals surface area contributed by atoms with Crippen LogP contribution in [-0.4, -0.2) is 17.7 Å². The molecule has 1 atom stereocenters. The van der Waals surface area contributed by atoms with E-state index in [1.54, 1.807) is 12.3 Å². The summed E-state index contributed by atoms with van der Waals surface area (Å²) in [7, 11) is 0. The summed E-state index contributed by atoms with van der Waals surface area (Å²) in [4.78, 5) is 17.2. The van der Waals surface area contributed by atoms with E-state index in [0.717, 1.165) is 11.3 Å². The fourth-order valence-electron chi connectivity index (χ4n) is 2.02. The Labute approximate surface area is 116 Å². The number of hydrogen-bond acceptors (Lipinski definition) is 4. The predicted molar refractivity (Wildman–Crippen MR) is 73.0 cm³/mol. The van der Waals surface area contributed by atoms with E-state index >= 15 is 0 Å². The fraction of sp³-hybridized carbons (Fsp3) is 0.200. The number of nitrogens with zero attached hydrogens (tertiary/aromatic N) is 1. The first-order valence-electron chi connectivity index (χ1n) is 6.41. The van der Waals surface area contributed by atoms with Gasteiger partial charge in [-0.3, -0.25) is 4.79 Å². The topological polar surface area (TPSA) is 63.8 Å². The molecule has 0 bridgehead atoms. The van der Waals surface area contributed by atoms with Crippen LogP contribution < -0.4 is 5.32 Å². The number of hydrogen-bond donors (Lipinski definition) is 1. The maximum absolute atomic E-state index is 12.0. The van der Waals surface area contributed by atoms with E-state index in [1.165, 1.54) is 0 Å². The van der Waals surface area contributed by atoms with Crippen LogP contribution in [0.25, 0.3) is 0 Å². The molecular weight excluding hydrogens is 256 g/mol. The van der Waals surface area contributed by atoms with Crippen LogP contribution in [0.3, 0.4) is 0 Å². The van der Waals surface area contributed by atoms with Gasteiger partial charge in [-0.25, -0.2) is 0 Å². The number of carbonyl (C=O) groups is 1. The predicted octanol–water partition coefficient (Wildman–Crippen LogP) is 2.09. The van der Waals surface area contributed by atoms with Gasteiger partial charge in [-0.1, -0.05) is 35.5 Å². The Morgan fingerprint density at radius 3 is 2.85 bits per heavy atom.